The second-order valence-electron chi connectivity index (χ2n) is 7.68. The Hall–Kier alpha value is -2.08. The molecule has 2 amide bonds. The van der Waals surface area contributed by atoms with Crippen LogP contribution in [0, 0.1) is 0 Å². The van der Waals surface area contributed by atoms with Crippen LogP contribution in [0.15, 0.2) is 30.3 Å². The van der Waals surface area contributed by atoms with Crippen LogP contribution in [0.3, 0.4) is 0 Å². The maximum atomic E-state index is 12.8. The first-order chi connectivity index (χ1) is 12.3. The minimum Gasteiger partial charge on any atom is -0.444 e. The maximum absolute atomic E-state index is 12.8. The molecule has 2 atom stereocenters. The van der Waals surface area contributed by atoms with Crippen LogP contribution < -0.4 is 5.32 Å². The Morgan fingerprint density at radius 2 is 2.00 bits per heavy atom. The van der Waals surface area contributed by atoms with E-state index in [9.17, 15) is 9.59 Å². The monoisotopic (exact) mass is 362 g/mol. The van der Waals surface area contributed by atoms with Gasteiger partial charge in [-0.1, -0.05) is 30.3 Å². The van der Waals surface area contributed by atoms with Gasteiger partial charge in [0.15, 0.2) is 0 Å². The maximum Gasteiger partial charge on any atom is 0.410 e. The van der Waals surface area contributed by atoms with Crippen molar-refractivity contribution >= 4 is 12.0 Å². The molecule has 1 aromatic carbocycles. The fourth-order valence-corrected chi connectivity index (χ4v) is 2.84. The van der Waals surface area contributed by atoms with Gasteiger partial charge < -0.3 is 14.8 Å². The van der Waals surface area contributed by atoms with E-state index in [0.29, 0.717) is 13.0 Å². The Kier molecular flexibility index (Phi) is 7.03. The number of nitrogens with zero attached hydrogens (tertiary/aromatic N) is 1. The average molecular weight is 362 g/mol. The van der Waals surface area contributed by atoms with Gasteiger partial charge in [-0.25, -0.2) is 4.79 Å². The number of nitrogens with one attached hydrogen (secondary N) is 1. The van der Waals surface area contributed by atoms with Crippen molar-refractivity contribution < 1.29 is 19.1 Å². The molecule has 0 saturated carbocycles. The second-order valence-corrected chi connectivity index (χ2v) is 7.68. The van der Waals surface area contributed by atoms with E-state index in [2.05, 4.69) is 5.32 Å². The zero-order chi connectivity index (χ0) is 19.2. The van der Waals surface area contributed by atoms with E-state index in [1.807, 2.05) is 51.1 Å². The lowest BCUT2D eigenvalue weighted by molar-refractivity contribution is -0.126. The van der Waals surface area contributed by atoms with Gasteiger partial charge in [-0.2, -0.15) is 0 Å². The van der Waals surface area contributed by atoms with Crippen LogP contribution >= 0.6 is 0 Å². The van der Waals surface area contributed by atoms with Crippen molar-refractivity contribution in [3.05, 3.63) is 35.9 Å². The molecular weight excluding hydrogens is 332 g/mol. The molecule has 2 rings (SSSR count). The predicted octanol–water partition coefficient (Wildman–Crippen LogP) is 2.76. The molecule has 1 saturated heterocycles. The highest BCUT2D eigenvalue weighted by atomic mass is 16.6. The molecule has 0 spiro atoms. The van der Waals surface area contributed by atoms with Gasteiger partial charge in [0.1, 0.15) is 11.6 Å². The van der Waals surface area contributed by atoms with Gasteiger partial charge in [0.05, 0.1) is 6.10 Å². The van der Waals surface area contributed by atoms with E-state index in [1.165, 1.54) is 4.90 Å². The summed E-state index contributed by atoms with van der Waals surface area (Å²) in [5.74, 6) is -0.197. The quantitative estimate of drug-likeness (QED) is 0.845. The van der Waals surface area contributed by atoms with Crippen molar-refractivity contribution in [2.45, 2.75) is 57.8 Å². The summed E-state index contributed by atoms with van der Waals surface area (Å²) in [6.45, 7) is 6.63. The predicted molar refractivity (Wildman–Crippen MR) is 99.9 cm³/mol. The molecule has 1 aliphatic heterocycles. The summed E-state index contributed by atoms with van der Waals surface area (Å²) in [6.07, 6.45) is 1.94. The first kappa shape index (κ1) is 20.2. The molecule has 6 nitrogen and oxygen atoms in total. The molecule has 0 bridgehead atoms. The molecule has 1 N–H and O–H groups in total. The Labute approximate surface area is 155 Å². The van der Waals surface area contributed by atoms with E-state index < -0.39 is 17.7 Å². The number of hydrogen-bond donors (Lipinski definition) is 1. The highest BCUT2D eigenvalue weighted by Gasteiger charge is 2.31. The average Bonchev–Trinajstić information content (AvgIpc) is 3.10. The number of hydrogen-bond acceptors (Lipinski definition) is 4. The topological polar surface area (TPSA) is 67.9 Å². The van der Waals surface area contributed by atoms with Gasteiger partial charge >= 0.3 is 6.09 Å². The van der Waals surface area contributed by atoms with Crippen molar-refractivity contribution in [2.24, 2.45) is 0 Å². The molecule has 1 fully saturated rings. The van der Waals surface area contributed by atoms with Gasteiger partial charge in [0, 0.05) is 26.6 Å². The Morgan fingerprint density at radius 3 is 2.58 bits per heavy atom. The highest BCUT2D eigenvalue weighted by molar-refractivity contribution is 5.86. The lowest BCUT2D eigenvalue weighted by atomic mass is 10.0. The minimum atomic E-state index is -0.645. The van der Waals surface area contributed by atoms with E-state index in [1.54, 1.807) is 7.05 Å². The summed E-state index contributed by atoms with van der Waals surface area (Å²) < 4.78 is 11.0. The van der Waals surface area contributed by atoms with Crippen molar-refractivity contribution in [1.29, 1.82) is 0 Å². The molecule has 26 heavy (non-hydrogen) atoms. The third-order valence-electron chi connectivity index (χ3n) is 4.25. The van der Waals surface area contributed by atoms with Crippen LogP contribution in [-0.2, 0) is 20.7 Å². The van der Waals surface area contributed by atoms with Crippen molar-refractivity contribution in [3.63, 3.8) is 0 Å². The second kappa shape index (κ2) is 9.03. The molecule has 6 heteroatoms. The fraction of sp³-hybridized carbons (Fsp3) is 0.600. The molecule has 0 aromatic heterocycles. The summed E-state index contributed by atoms with van der Waals surface area (Å²) in [4.78, 5) is 26.6. The van der Waals surface area contributed by atoms with Gasteiger partial charge in [-0.3, -0.25) is 9.69 Å². The molecule has 1 heterocycles. The molecule has 0 radical (unpaired) electrons. The summed E-state index contributed by atoms with van der Waals surface area (Å²) in [6, 6.07) is 9.02. The number of ether oxygens (including phenoxy) is 2. The van der Waals surface area contributed by atoms with Crippen LogP contribution in [0.25, 0.3) is 0 Å². The van der Waals surface area contributed by atoms with E-state index in [0.717, 1.165) is 25.0 Å². The van der Waals surface area contributed by atoms with Crippen molar-refractivity contribution in [3.8, 4) is 0 Å². The van der Waals surface area contributed by atoms with Gasteiger partial charge in [-0.15, -0.1) is 0 Å². The Bertz CT molecular complexity index is 592. The molecule has 144 valence electrons. The van der Waals surface area contributed by atoms with Crippen LogP contribution in [0.5, 0.6) is 0 Å². The SMILES string of the molecule is CN(C(=O)OC(C)(C)C)[C@H](Cc1ccccc1)C(=O)NCC1CCCO1. The van der Waals surface area contributed by atoms with Gasteiger partial charge in [0.25, 0.3) is 0 Å². The number of carbonyl (C=O) groups excluding carboxylic acids is 2. The van der Waals surface area contributed by atoms with E-state index in [-0.39, 0.29) is 12.0 Å². The van der Waals surface area contributed by atoms with Crippen LogP contribution in [0.1, 0.15) is 39.2 Å². The third kappa shape index (κ3) is 6.33. The normalized spacial score (nSPS) is 18.2. The van der Waals surface area contributed by atoms with E-state index in [4.69, 9.17) is 9.47 Å². The summed E-state index contributed by atoms with van der Waals surface area (Å²) >= 11 is 0. The lowest BCUT2D eigenvalue weighted by Gasteiger charge is -2.30. The summed E-state index contributed by atoms with van der Waals surface area (Å²) in [7, 11) is 1.60. The Morgan fingerprint density at radius 1 is 1.31 bits per heavy atom. The van der Waals surface area contributed by atoms with Gasteiger partial charge in [0.2, 0.25) is 5.91 Å². The zero-order valence-electron chi connectivity index (χ0n) is 16.2. The number of rotatable bonds is 6. The van der Waals surface area contributed by atoms with Crippen molar-refractivity contribution in [2.75, 3.05) is 20.2 Å². The zero-order valence-corrected chi connectivity index (χ0v) is 16.2. The molecule has 0 aliphatic carbocycles. The summed E-state index contributed by atoms with van der Waals surface area (Å²) in [5.41, 5.74) is 0.372. The minimum absolute atomic E-state index is 0.0585. The number of amides is 2. The smallest absolute Gasteiger partial charge is 0.410 e. The van der Waals surface area contributed by atoms with Crippen LogP contribution in [0.2, 0.25) is 0 Å². The Balaban J connectivity index is 2.06. The molecule has 1 unspecified atom stereocenters. The lowest BCUT2D eigenvalue weighted by Crippen LogP contribution is -2.51. The molecule has 1 aliphatic rings. The highest BCUT2D eigenvalue weighted by Crippen LogP contribution is 2.15. The van der Waals surface area contributed by atoms with Crippen molar-refractivity contribution in [1.82, 2.24) is 10.2 Å². The standard InChI is InChI=1S/C20H30N2O4/c1-20(2,3)26-19(24)22(4)17(13-15-9-6-5-7-10-15)18(23)21-14-16-11-8-12-25-16/h5-7,9-10,16-17H,8,11-14H2,1-4H3,(H,21,23)/t16?,17-/m1/s1. The number of likely N-dealkylation sites (N-methyl/N-ethyl adjacent to an activating group) is 1. The molecule has 1 aromatic rings. The summed E-state index contributed by atoms with van der Waals surface area (Å²) in [5, 5.41) is 2.93. The first-order valence-corrected chi connectivity index (χ1v) is 9.15. The van der Waals surface area contributed by atoms with E-state index >= 15 is 0 Å². The fourth-order valence-electron chi connectivity index (χ4n) is 2.84. The van der Waals surface area contributed by atoms with Gasteiger partial charge in [-0.05, 0) is 39.2 Å². The number of benzene rings is 1. The van der Waals surface area contributed by atoms with Crippen LogP contribution in [-0.4, -0.2) is 54.8 Å². The first-order valence-electron chi connectivity index (χ1n) is 9.15. The van der Waals surface area contributed by atoms with Crippen LogP contribution in [0.4, 0.5) is 4.79 Å². The largest absolute Gasteiger partial charge is 0.444 e. The number of carbonyl (C=O) groups is 2. The third-order valence-corrected chi connectivity index (χ3v) is 4.25. The molecular formula is C20H30N2O4.